The average molecular weight is 380 g/mol. The van der Waals surface area contributed by atoms with Gasteiger partial charge in [-0.2, -0.15) is 0 Å². The molecule has 0 unspecified atom stereocenters. The van der Waals surface area contributed by atoms with Gasteiger partial charge in [0.25, 0.3) is 0 Å². The highest BCUT2D eigenvalue weighted by atomic mass is 32.2. The molecule has 0 fully saturated rings. The van der Waals surface area contributed by atoms with Gasteiger partial charge in [-0.15, -0.1) is 11.8 Å². The third-order valence-corrected chi connectivity index (χ3v) is 7.52. The zero-order chi connectivity index (χ0) is 19.5. The smallest absolute Gasteiger partial charge is 0.249 e. The number of hydrogen-bond acceptors (Lipinski definition) is 3. The van der Waals surface area contributed by atoms with Crippen LogP contribution in [-0.2, 0) is 0 Å². The van der Waals surface area contributed by atoms with Crippen LogP contribution in [-0.4, -0.2) is 21.1 Å². The van der Waals surface area contributed by atoms with Crippen molar-refractivity contribution in [3.8, 4) is 0 Å². The van der Waals surface area contributed by atoms with Gasteiger partial charge in [0.05, 0.1) is 17.0 Å². The number of carbonyl (C=O) groups is 1. The molecule has 2 aromatic carbocycles. The Morgan fingerprint density at radius 3 is 2.52 bits per heavy atom. The van der Waals surface area contributed by atoms with Crippen molar-refractivity contribution in [2.45, 2.75) is 50.7 Å². The molecule has 3 N–H and O–H groups in total. The van der Waals surface area contributed by atoms with Crippen LogP contribution in [0.5, 0.6) is 0 Å². The molecule has 0 bridgehead atoms. The zero-order valence-corrected chi connectivity index (χ0v) is 17.2. The van der Waals surface area contributed by atoms with Gasteiger partial charge in [-0.3, -0.25) is 4.79 Å². The number of aryl methyl sites for hydroxylation is 2. The summed E-state index contributed by atoms with van der Waals surface area (Å²) >= 11 is 1.94. The molecule has 0 spiro atoms. The molecule has 0 saturated carbocycles. The van der Waals surface area contributed by atoms with E-state index in [1.54, 1.807) is 0 Å². The molecule has 4 rings (SSSR count). The molecule has 3 aromatic rings. The number of nitrogens with two attached hydrogens (primary N) is 1. The molecule has 2 atom stereocenters. The number of carbonyl (C=O) groups excluding carboxylic acids is 1. The van der Waals surface area contributed by atoms with Gasteiger partial charge in [0.2, 0.25) is 5.91 Å². The van der Waals surface area contributed by atoms with Crippen LogP contribution in [0.15, 0.2) is 29.2 Å². The number of hydrogen-bond donors (Lipinski definition) is 2. The largest absolute Gasteiger partial charge is 0.366 e. The lowest BCUT2D eigenvalue weighted by atomic mass is 9.89. The van der Waals surface area contributed by atoms with E-state index in [-0.39, 0.29) is 11.8 Å². The lowest BCUT2D eigenvalue weighted by Crippen LogP contribution is -2.19. The summed E-state index contributed by atoms with van der Waals surface area (Å²) < 4.78 is 0. The van der Waals surface area contributed by atoms with Gasteiger partial charge in [-0.1, -0.05) is 32.0 Å². The topological polar surface area (TPSA) is 71.8 Å². The Morgan fingerprint density at radius 1 is 1.15 bits per heavy atom. The minimum Gasteiger partial charge on any atom is -0.366 e. The molecule has 0 aliphatic carbocycles. The molecule has 0 saturated heterocycles. The van der Waals surface area contributed by atoms with Crippen molar-refractivity contribution in [2.24, 2.45) is 11.7 Å². The van der Waals surface area contributed by atoms with E-state index in [0.717, 1.165) is 33.5 Å². The van der Waals surface area contributed by atoms with Crippen molar-refractivity contribution in [2.75, 3.05) is 0 Å². The van der Waals surface area contributed by atoms with E-state index in [4.69, 9.17) is 10.7 Å². The second kappa shape index (κ2) is 6.41. The summed E-state index contributed by atoms with van der Waals surface area (Å²) in [5.74, 6) is 1.33. The maximum atomic E-state index is 12.0. The Hall–Kier alpha value is -2.27. The van der Waals surface area contributed by atoms with Crippen LogP contribution in [0, 0.1) is 26.7 Å². The fourth-order valence-corrected chi connectivity index (χ4v) is 5.75. The standard InChI is InChI=1S/C22H25N3OS/c1-10(2)20-17(14-8-6-7-9-15(14)27-20)22-24-18-12(4)11(3)16(21(23)26)13(5)19(18)25-22/h6-10,17,20H,1-5H3,(H2,23,26)(H,24,25)/t17-,20-/m0/s1. The summed E-state index contributed by atoms with van der Waals surface area (Å²) in [6.07, 6.45) is 0. The number of thioether (sulfide) groups is 1. The minimum atomic E-state index is -0.388. The lowest BCUT2D eigenvalue weighted by molar-refractivity contribution is 0.0999. The van der Waals surface area contributed by atoms with E-state index in [2.05, 4.69) is 43.1 Å². The van der Waals surface area contributed by atoms with Crippen molar-refractivity contribution in [3.63, 3.8) is 0 Å². The molecule has 0 radical (unpaired) electrons. The van der Waals surface area contributed by atoms with Crippen molar-refractivity contribution in [1.82, 2.24) is 9.97 Å². The van der Waals surface area contributed by atoms with Crippen LogP contribution in [0.2, 0.25) is 0 Å². The van der Waals surface area contributed by atoms with Crippen LogP contribution in [0.1, 0.15) is 58.2 Å². The first kappa shape index (κ1) is 18.1. The number of aromatic amines is 1. The van der Waals surface area contributed by atoms with Crippen LogP contribution >= 0.6 is 11.8 Å². The second-order valence-corrected chi connectivity index (χ2v) is 9.02. The van der Waals surface area contributed by atoms with Crippen molar-refractivity contribution in [1.29, 1.82) is 0 Å². The number of aromatic nitrogens is 2. The Balaban J connectivity index is 1.96. The molecule has 1 aliphatic rings. The summed E-state index contributed by atoms with van der Waals surface area (Å²) in [6.45, 7) is 10.5. The van der Waals surface area contributed by atoms with Crippen LogP contribution in [0.3, 0.4) is 0 Å². The van der Waals surface area contributed by atoms with Gasteiger partial charge < -0.3 is 10.7 Å². The van der Waals surface area contributed by atoms with E-state index in [1.807, 2.05) is 32.5 Å². The Bertz CT molecular complexity index is 1070. The third-order valence-electron chi connectivity index (χ3n) is 5.81. The molecule has 1 aliphatic heterocycles. The Kier molecular flexibility index (Phi) is 4.30. The van der Waals surface area contributed by atoms with Crippen LogP contribution < -0.4 is 5.73 Å². The number of amides is 1. The number of benzene rings is 2. The zero-order valence-electron chi connectivity index (χ0n) is 16.4. The van der Waals surface area contributed by atoms with Gasteiger partial charge in [0.15, 0.2) is 0 Å². The summed E-state index contributed by atoms with van der Waals surface area (Å²) in [4.78, 5) is 21.9. The quantitative estimate of drug-likeness (QED) is 0.683. The number of nitrogens with zero attached hydrogens (tertiary/aromatic N) is 1. The molecular weight excluding hydrogens is 354 g/mol. The molecular formula is C22H25N3OS. The Morgan fingerprint density at radius 2 is 1.85 bits per heavy atom. The van der Waals surface area contributed by atoms with E-state index in [9.17, 15) is 4.79 Å². The average Bonchev–Trinajstić information content (AvgIpc) is 3.21. The fraction of sp³-hybridized carbons (Fsp3) is 0.364. The van der Waals surface area contributed by atoms with E-state index >= 15 is 0 Å². The first-order valence-corrected chi connectivity index (χ1v) is 10.2. The van der Waals surface area contributed by atoms with Crippen LogP contribution in [0.4, 0.5) is 0 Å². The van der Waals surface area contributed by atoms with Gasteiger partial charge in [0.1, 0.15) is 5.82 Å². The van der Waals surface area contributed by atoms with Gasteiger partial charge >= 0.3 is 0 Å². The maximum Gasteiger partial charge on any atom is 0.249 e. The predicted octanol–water partition coefficient (Wildman–Crippen LogP) is 4.85. The molecule has 140 valence electrons. The first-order chi connectivity index (χ1) is 12.8. The SMILES string of the molecule is Cc1c(C(N)=O)c(C)c2nc([C@H]3c4ccccc4S[C@H]3C(C)C)[nH]c2c1C. The molecule has 2 heterocycles. The first-order valence-electron chi connectivity index (χ1n) is 9.36. The summed E-state index contributed by atoms with van der Waals surface area (Å²) in [5.41, 5.74) is 12.3. The fourth-order valence-electron chi connectivity index (χ4n) is 4.29. The number of nitrogens with one attached hydrogen (secondary N) is 1. The maximum absolute atomic E-state index is 12.0. The van der Waals surface area contributed by atoms with Crippen molar-refractivity contribution in [3.05, 3.63) is 57.9 Å². The van der Waals surface area contributed by atoms with Crippen molar-refractivity contribution >= 4 is 28.7 Å². The second-order valence-electron chi connectivity index (χ2n) is 7.80. The third kappa shape index (κ3) is 2.67. The summed E-state index contributed by atoms with van der Waals surface area (Å²) in [5, 5.41) is 0.431. The number of imidazole rings is 1. The van der Waals surface area contributed by atoms with Gasteiger partial charge in [-0.25, -0.2) is 4.98 Å². The van der Waals surface area contributed by atoms with Gasteiger partial charge in [-0.05, 0) is 55.0 Å². The van der Waals surface area contributed by atoms with E-state index < -0.39 is 0 Å². The number of primary amides is 1. The normalized spacial score (nSPS) is 19.0. The monoisotopic (exact) mass is 379 g/mol. The van der Waals surface area contributed by atoms with E-state index in [1.165, 1.54) is 10.5 Å². The Labute approximate surface area is 164 Å². The molecule has 1 aromatic heterocycles. The molecule has 27 heavy (non-hydrogen) atoms. The molecule has 4 nitrogen and oxygen atoms in total. The summed E-state index contributed by atoms with van der Waals surface area (Å²) in [7, 11) is 0. The predicted molar refractivity (Wildman–Crippen MR) is 112 cm³/mol. The number of H-pyrrole nitrogens is 1. The van der Waals surface area contributed by atoms with Crippen LogP contribution in [0.25, 0.3) is 11.0 Å². The molecule has 5 heteroatoms. The van der Waals surface area contributed by atoms with Crippen molar-refractivity contribution < 1.29 is 4.79 Å². The molecule has 1 amide bonds. The van der Waals surface area contributed by atoms with Gasteiger partial charge in [0, 0.05) is 15.7 Å². The summed E-state index contributed by atoms with van der Waals surface area (Å²) in [6, 6.07) is 8.61. The lowest BCUT2D eigenvalue weighted by Gasteiger charge is -2.21. The number of fused-ring (bicyclic) bond motifs is 2. The highest BCUT2D eigenvalue weighted by molar-refractivity contribution is 8.00. The van der Waals surface area contributed by atoms with E-state index in [0.29, 0.717) is 16.7 Å². The highest BCUT2D eigenvalue weighted by Gasteiger charge is 2.38. The highest BCUT2D eigenvalue weighted by Crippen LogP contribution is 2.50. The number of rotatable bonds is 3. The minimum absolute atomic E-state index is 0.217.